The number of hydrogen-bond acceptors (Lipinski definition) is 5. The maximum absolute atomic E-state index is 12.3. The number of imide groups is 1. The molecule has 2 N–H and O–H groups in total. The van der Waals surface area contributed by atoms with Crippen LogP contribution in [-0.2, 0) is 16.6 Å². The normalized spacial score (nSPS) is 24.9. The molecule has 27 heavy (non-hydrogen) atoms. The molecule has 1 spiro atoms. The van der Waals surface area contributed by atoms with Crippen molar-refractivity contribution in [3.05, 3.63) is 23.9 Å². The number of carbonyl (C=O) groups excluding carboxylic acids is 2. The van der Waals surface area contributed by atoms with E-state index in [1.54, 1.807) is 0 Å². The molecule has 0 aliphatic carbocycles. The number of aromatic nitrogens is 2. The van der Waals surface area contributed by atoms with Gasteiger partial charge in [0.1, 0.15) is 0 Å². The Hall–Kier alpha value is -2.41. The highest BCUT2D eigenvalue weighted by Crippen LogP contribution is 2.40. The van der Waals surface area contributed by atoms with Crippen LogP contribution in [0.15, 0.2) is 18.2 Å². The summed E-state index contributed by atoms with van der Waals surface area (Å²) in [6.07, 6.45) is 3.48. The molecule has 1 aromatic heterocycles. The van der Waals surface area contributed by atoms with Crippen molar-refractivity contribution in [2.45, 2.75) is 31.6 Å². The molecule has 142 valence electrons. The number of nitrogens with one attached hydrogen (secondary N) is 2. The number of piperidine rings is 2. The van der Waals surface area contributed by atoms with E-state index < -0.39 is 0 Å². The molecule has 2 aromatic rings. The van der Waals surface area contributed by atoms with Crippen molar-refractivity contribution in [1.82, 2.24) is 20.4 Å². The number of amides is 2. The molecule has 7 heteroatoms. The number of fused-ring (bicyclic) bond motifs is 1. The van der Waals surface area contributed by atoms with E-state index in [1.807, 2.05) is 11.7 Å². The average Bonchev–Trinajstić information content (AvgIpc) is 2.96. The van der Waals surface area contributed by atoms with Gasteiger partial charge < -0.3 is 10.2 Å². The third kappa shape index (κ3) is 2.72. The first-order valence-electron chi connectivity index (χ1n) is 9.81. The Labute approximate surface area is 158 Å². The highest BCUT2D eigenvalue weighted by Gasteiger charge is 2.43. The number of hydrogen-bond donors (Lipinski definition) is 2. The minimum Gasteiger partial charge on any atom is -0.370 e. The molecule has 3 aliphatic rings. The fraction of sp³-hybridized carbons (Fsp3) is 0.550. The fourth-order valence-electron chi connectivity index (χ4n) is 4.93. The monoisotopic (exact) mass is 367 g/mol. The highest BCUT2D eigenvalue weighted by atomic mass is 16.2. The van der Waals surface area contributed by atoms with Gasteiger partial charge in [-0.05, 0) is 44.0 Å². The summed E-state index contributed by atoms with van der Waals surface area (Å²) in [6.45, 7) is 4.47. The Morgan fingerprint density at radius 2 is 2.11 bits per heavy atom. The van der Waals surface area contributed by atoms with Gasteiger partial charge in [-0.15, -0.1) is 0 Å². The minimum atomic E-state index is -0.349. The van der Waals surface area contributed by atoms with Crippen LogP contribution >= 0.6 is 0 Å². The van der Waals surface area contributed by atoms with Gasteiger partial charge in [-0.1, -0.05) is 0 Å². The summed E-state index contributed by atoms with van der Waals surface area (Å²) in [7, 11) is 1.92. The molecule has 1 unspecified atom stereocenters. The van der Waals surface area contributed by atoms with Crippen LogP contribution in [-0.4, -0.2) is 47.8 Å². The first-order valence-corrected chi connectivity index (χ1v) is 9.81. The van der Waals surface area contributed by atoms with Crippen LogP contribution in [0.3, 0.4) is 0 Å². The summed E-state index contributed by atoms with van der Waals surface area (Å²) in [5, 5.41) is 11.6. The first-order chi connectivity index (χ1) is 13.0. The number of aryl methyl sites for hydroxylation is 1. The third-order valence-electron chi connectivity index (χ3n) is 6.41. The van der Waals surface area contributed by atoms with Crippen LogP contribution in [0, 0.1) is 5.41 Å². The highest BCUT2D eigenvalue weighted by molar-refractivity contribution is 6.02. The van der Waals surface area contributed by atoms with E-state index in [-0.39, 0.29) is 17.7 Å². The average molecular weight is 367 g/mol. The molecule has 7 nitrogen and oxygen atoms in total. The van der Waals surface area contributed by atoms with Crippen molar-refractivity contribution in [2.24, 2.45) is 12.5 Å². The van der Waals surface area contributed by atoms with Gasteiger partial charge in [0, 0.05) is 49.6 Å². The van der Waals surface area contributed by atoms with Gasteiger partial charge >= 0.3 is 0 Å². The van der Waals surface area contributed by atoms with E-state index in [0.717, 1.165) is 42.8 Å². The summed E-state index contributed by atoms with van der Waals surface area (Å²) < 4.78 is 1.86. The molecule has 2 amide bonds. The zero-order valence-corrected chi connectivity index (χ0v) is 15.6. The molecular weight excluding hydrogens is 342 g/mol. The predicted molar refractivity (Wildman–Crippen MR) is 103 cm³/mol. The lowest BCUT2D eigenvalue weighted by molar-refractivity contribution is -0.134. The van der Waals surface area contributed by atoms with E-state index >= 15 is 0 Å². The molecule has 3 saturated heterocycles. The number of anilines is 1. The molecular formula is C20H25N5O2. The van der Waals surface area contributed by atoms with Crippen LogP contribution in [0.2, 0.25) is 0 Å². The lowest BCUT2D eigenvalue weighted by Gasteiger charge is -2.53. The van der Waals surface area contributed by atoms with E-state index in [4.69, 9.17) is 0 Å². The Morgan fingerprint density at radius 1 is 1.26 bits per heavy atom. The van der Waals surface area contributed by atoms with Gasteiger partial charge in [0.2, 0.25) is 11.8 Å². The van der Waals surface area contributed by atoms with Crippen LogP contribution in [0.4, 0.5) is 5.69 Å². The maximum Gasteiger partial charge on any atom is 0.235 e. The van der Waals surface area contributed by atoms with Gasteiger partial charge in [0.15, 0.2) is 0 Å². The van der Waals surface area contributed by atoms with Crippen molar-refractivity contribution >= 4 is 28.4 Å². The van der Waals surface area contributed by atoms with Gasteiger partial charge in [-0.3, -0.25) is 19.6 Å². The summed E-state index contributed by atoms with van der Waals surface area (Å²) in [5.41, 5.74) is 3.48. The topological polar surface area (TPSA) is 79.3 Å². The molecule has 1 aromatic carbocycles. The minimum absolute atomic E-state index is 0.192. The quantitative estimate of drug-likeness (QED) is 0.782. The number of nitrogens with zero attached hydrogens (tertiary/aromatic N) is 3. The van der Waals surface area contributed by atoms with Crippen molar-refractivity contribution in [3.8, 4) is 0 Å². The van der Waals surface area contributed by atoms with E-state index in [1.165, 1.54) is 18.5 Å². The Balaban J connectivity index is 1.41. The second-order valence-electron chi connectivity index (χ2n) is 8.35. The zero-order chi connectivity index (χ0) is 18.6. The van der Waals surface area contributed by atoms with E-state index in [2.05, 4.69) is 38.8 Å². The Bertz CT molecular complexity index is 920. The number of carbonyl (C=O) groups is 2. The third-order valence-corrected chi connectivity index (χ3v) is 6.41. The summed E-state index contributed by atoms with van der Waals surface area (Å²) in [4.78, 5) is 26.1. The van der Waals surface area contributed by atoms with Crippen molar-refractivity contribution in [1.29, 1.82) is 0 Å². The van der Waals surface area contributed by atoms with Crippen molar-refractivity contribution in [3.63, 3.8) is 0 Å². The summed E-state index contributed by atoms with van der Waals surface area (Å²) in [5.74, 6) is -0.773. The molecule has 4 heterocycles. The second kappa shape index (κ2) is 6.05. The molecule has 3 aliphatic heterocycles. The Kier molecular flexibility index (Phi) is 3.75. The van der Waals surface area contributed by atoms with Crippen molar-refractivity contribution in [2.75, 3.05) is 31.1 Å². The van der Waals surface area contributed by atoms with Crippen LogP contribution < -0.4 is 15.5 Å². The van der Waals surface area contributed by atoms with E-state index in [0.29, 0.717) is 18.3 Å². The molecule has 0 saturated carbocycles. The van der Waals surface area contributed by atoms with E-state index in [9.17, 15) is 9.59 Å². The molecule has 0 bridgehead atoms. The summed E-state index contributed by atoms with van der Waals surface area (Å²) in [6, 6.07) is 6.41. The first kappa shape index (κ1) is 16.7. The Morgan fingerprint density at radius 3 is 2.85 bits per heavy atom. The largest absolute Gasteiger partial charge is 0.370 e. The number of benzene rings is 1. The lowest BCUT2D eigenvalue weighted by Crippen LogP contribution is -2.62. The fourth-order valence-corrected chi connectivity index (χ4v) is 4.93. The molecule has 1 atom stereocenters. The van der Waals surface area contributed by atoms with Gasteiger partial charge in [0.05, 0.1) is 17.1 Å². The van der Waals surface area contributed by atoms with Gasteiger partial charge in [-0.2, -0.15) is 5.10 Å². The molecule has 5 rings (SSSR count). The van der Waals surface area contributed by atoms with Gasteiger partial charge in [0.25, 0.3) is 0 Å². The van der Waals surface area contributed by atoms with Crippen LogP contribution in [0.5, 0.6) is 0 Å². The van der Waals surface area contributed by atoms with Crippen LogP contribution in [0.25, 0.3) is 10.9 Å². The van der Waals surface area contributed by atoms with Gasteiger partial charge in [-0.25, -0.2) is 0 Å². The number of rotatable bonds is 2. The SMILES string of the molecule is Cn1nc(C2CCC(=O)NC2=O)c2ccc(N3CC4(CCCNC4)C3)cc21. The molecule has 3 fully saturated rings. The maximum atomic E-state index is 12.3. The van der Waals surface area contributed by atoms with Crippen LogP contribution in [0.1, 0.15) is 37.3 Å². The molecule has 0 radical (unpaired) electrons. The smallest absolute Gasteiger partial charge is 0.235 e. The van der Waals surface area contributed by atoms with Crippen molar-refractivity contribution < 1.29 is 9.59 Å². The zero-order valence-electron chi connectivity index (χ0n) is 15.6. The lowest BCUT2D eigenvalue weighted by atomic mass is 9.74. The predicted octanol–water partition coefficient (Wildman–Crippen LogP) is 1.28. The standard InChI is InChI=1S/C20H25N5O2/c1-24-16-9-13(25-11-20(12-25)7-2-8-21-10-20)3-4-14(16)18(23-24)15-5-6-17(26)22-19(15)27/h3-4,9,15,21H,2,5-8,10-12H2,1H3,(H,22,26,27). The summed E-state index contributed by atoms with van der Waals surface area (Å²) >= 11 is 0. The second-order valence-corrected chi connectivity index (χ2v) is 8.35.